The Bertz CT molecular complexity index is 940. The Morgan fingerprint density at radius 3 is 2.47 bits per heavy atom. The number of methoxy groups -OCH3 is 1. The summed E-state index contributed by atoms with van der Waals surface area (Å²) in [6.45, 7) is 2.92. The second kappa shape index (κ2) is 7.77. The van der Waals surface area contributed by atoms with E-state index in [2.05, 4.69) is 5.32 Å². The van der Waals surface area contributed by atoms with Crippen molar-refractivity contribution in [3.8, 4) is 0 Å². The fourth-order valence-corrected chi connectivity index (χ4v) is 3.74. The van der Waals surface area contributed by atoms with Gasteiger partial charge in [-0.1, -0.05) is 42.5 Å². The molecule has 1 spiro atoms. The number of benzene rings is 1. The second-order valence-electron chi connectivity index (χ2n) is 7.11. The van der Waals surface area contributed by atoms with E-state index in [1.165, 1.54) is 31.2 Å². The first kappa shape index (κ1) is 21.8. The van der Waals surface area contributed by atoms with Crippen LogP contribution in [-0.2, 0) is 19.1 Å². The summed E-state index contributed by atoms with van der Waals surface area (Å²) in [5.41, 5.74) is -4.83. The van der Waals surface area contributed by atoms with Crippen LogP contribution in [0.15, 0.2) is 53.8 Å². The van der Waals surface area contributed by atoms with Gasteiger partial charge in [0.25, 0.3) is 11.5 Å². The van der Waals surface area contributed by atoms with Crippen molar-refractivity contribution < 1.29 is 39.2 Å². The Kier molecular flexibility index (Phi) is 5.66. The summed E-state index contributed by atoms with van der Waals surface area (Å²) in [6, 6.07) is 7.81. The highest BCUT2D eigenvalue weighted by Gasteiger charge is 2.74. The van der Waals surface area contributed by atoms with Crippen LogP contribution >= 0.6 is 0 Å². The van der Waals surface area contributed by atoms with Crippen LogP contribution < -0.4 is 5.32 Å². The van der Waals surface area contributed by atoms with E-state index >= 15 is 0 Å². The number of hydrogen-bond acceptors (Lipinski definition) is 8. The molecule has 9 nitrogen and oxygen atoms in total. The largest absolute Gasteiger partial charge is 0.467 e. The molecule has 1 amide bonds. The SMILES string of the molecule is C/C=C/C(O)C(O)C1=C(C)C(=O)C2(O1)C(=O)NC(OC)(C(=O)c1ccccc1)C2O. The molecule has 9 heteroatoms. The molecule has 1 aromatic rings. The Morgan fingerprint density at radius 1 is 1.27 bits per heavy atom. The van der Waals surface area contributed by atoms with Gasteiger partial charge in [0, 0.05) is 18.2 Å². The third-order valence-electron chi connectivity index (χ3n) is 5.40. The molecule has 0 bridgehead atoms. The van der Waals surface area contributed by atoms with Gasteiger partial charge in [-0.3, -0.25) is 14.4 Å². The molecule has 2 heterocycles. The highest BCUT2D eigenvalue weighted by molar-refractivity contribution is 6.23. The molecule has 30 heavy (non-hydrogen) atoms. The lowest BCUT2D eigenvalue weighted by Gasteiger charge is -2.32. The topological polar surface area (TPSA) is 142 Å². The van der Waals surface area contributed by atoms with Gasteiger partial charge < -0.3 is 30.1 Å². The number of ketones is 2. The van der Waals surface area contributed by atoms with Crippen molar-refractivity contribution in [3.63, 3.8) is 0 Å². The minimum atomic E-state index is -2.53. The monoisotopic (exact) mass is 417 g/mol. The molecule has 1 fully saturated rings. The minimum Gasteiger partial charge on any atom is -0.467 e. The molecule has 2 aliphatic heterocycles. The zero-order valence-electron chi connectivity index (χ0n) is 16.7. The van der Waals surface area contributed by atoms with E-state index in [-0.39, 0.29) is 16.9 Å². The van der Waals surface area contributed by atoms with E-state index in [0.717, 1.165) is 7.11 Å². The van der Waals surface area contributed by atoms with Gasteiger partial charge in [0.1, 0.15) is 18.0 Å². The molecule has 1 saturated heterocycles. The maximum absolute atomic E-state index is 13.1. The fourth-order valence-electron chi connectivity index (χ4n) is 3.74. The minimum absolute atomic E-state index is 0.134. The summed E-state index contributed by atoms with van der Waals surface area (Å²) in [5.74, 6) is -3.17. The van der Waals surface area contributed by atoms with Crippen molar-refractivity contribution in [1.82, 2.24) is 5.32 Å². The van der Waals surface area contributed by atoms with Crippen LogP contribution in [0.5, 0.6) is 0 Å². The predicted octanol–water partition coefficient (Wildman–Crippen LogP) is -0.387. The zero-order chi connectivity index (χ0) is 22.3. The number of rotatable bonds is 6. The van der Waals surface area contributed by atoms with Gasteiger partial charge in [0.2, 0.25) is 17.3 Å². The van der Waals surface area contributed by atoms with Gasteiger partial charge in [0.15, 0.2) is 6.10 Å². The van der Waals surface area contributed by atoms with Crippen molar-refractivity contribution in [3.05, 3.63) is 59.4 Å². The quantitative estimate of drug-likeness (QED) is 0.279. The lowest BCUT2D eigenvalue weighted by atomic mass is 9.85. The summed E-state index contributed by atoms with van der Waals surface area (Å²) < 4.78 is 10.8. The predicted molar refractivity (Wildman–Crippen MR) is 103 cm³/mol. The van der Waals surface area contributed by atoms with Crippen molar-refractivity contribution >= 4 is 17.5 Å². The van der Waals surface area contributed by atoms with Crippen LogP contribution in [0.25, 0.3) is 0 Å². The maximum Gasteiger partial charge on any atom is 0.278 e. The number of carbonyl (C=O) groups is 3. The molecule has 2 aliphatic rings. The molecule has 4 N–H and O–H groups in total. The van der Waals surface area contributed by atoms with Crippen LogP contribution in [0.3, 0.4) is 0 Å². The van der Waals surface area contributed by atoms with Crippen LogP contribution in [0.4, 0.5) is 0 Å². The van der Waals surface area contributed by atoms with E-state index in [0.29, 0.717) is 0 Å². The number of aliphatic hydroxyl groups excluding tert-OH is 3. The van der Waals surface area contributed by atoms with Crippen LogP contribution in [0.1, 0.15) is 24.2 Å². The van der Waals surface area contributed by atoms with Gasteiger partial charge in [-0.05, 0) is 13.8 Å². The Labute approximate surface area is 172 Å². The average Bonchev–Trinajstić information content (AvgIpc) is 3.15. The Hall–Kier alpha value is -2.85. The van der Waals surface area contributed by atoms with Gasteiger partial charge >= 0.3 is 0 Å². The molecule has 5 unspecified atom stereocenters. The highest BCUT2D eigenvalue weighted by atomic mass is 16.6. The number of nitrogens with one attached hydrogen (secondary N) is 1. The lowest BCUT2D eigenvalue weighted by Crippen LogP contribution is -2.60. The van der Waals surface area contributed by atoms with Crippen molar-refractivity contribution in [2.75, 3.05) is 7.11 Å². The van der Waals surface area contributed by atoms with E-state index in [4.69, 9.17) is 9.47 Å². The van der Waals surface area contributed by atoms with Crippen molar-refractivity contribution in [2.45, 2.75) is 43.5 Å². The molecule has 160 valence electrons. The average molecular weight is 417 g/mol. The zero-order valence-corrected chi connectivity index (χ0v) is 16.7. The summed E-state index contributed by atoms with van der Waals surface area (Å²) in [6.07, 6.45) is -2.38. The number of hydrogen-bond donors (Lipinski definition) is 4. The molecule has 5 atom stereocenters. The first-order valence-electron chi connectivity index (χ1n) is 9.26. The smallest absolute Gasteiger partial charge is 0.278 e. The molecule has 0 radical (unpaired) electrons. The molecular weight excluding hydrogens is 394 g/mol. The number of ether oxygens (including phenoxy) is 2. The van der Waals surface area contributed by atoms with Gasteiger partial charge in [-0.25, -0.2) is 0 Å². The Balaban J connectivity index is 2.02. The molecular formula is C21H23NO8. The lowest BCUT2D eigenvalue weighted by molar-refractivity contribution is -0.163. The number of amides is 1. The van der Waals surface area contributed by atoms with E-state index in [9.17, 15) is 29.7 Å². The van der Waals surface area contributed by atoms with Crippen molar-refractivity contribution in [2.24, 2.45) is 0 Å². The first-order chi connectivity index (χ1) is 14.2. The van der Waals surface area contributed by atoms with E-state index in [1.807, 2.05) is 0 Å². The third-order valence-corrected chi connectivity index (χ3v) is 5.40. The summed E-state index contributed by atoms with van der Waals surface area (Å²) in [5, 5.41) is 33.7. The number of Topliss-reactive ketones (excluding diaryl/α,β-unsaturated/α-hetero) is 2. The first-order valence-corrected chi connectivity index (χ1v) is 9.26. The Morgan fingerprint density at radius 2 is 1.90 bits per heavy atom. The van der Waals surface area contributed by atoms with Gasteiger partial charge in [-0.15, -0.1) is 0 Å². The van der Waals surface area contributed by atoms with Crippen LogP contribution in [0.2, 0.25) is 0 Å². The number of aliphatic hydroxyl groups is 3. The third kappa shape index (κ3) is 2.90. The maximum atomic E-state index is 13.1. The van der Waals surface area contributed by atoms with E-state index < -0.39 is 47.1 Å². The summed E-state index contributed by atoms with van der Waals surface area (Å²) >= 11 is 0. The molecule has 0 aliphatic carbocycles. The van der Waals surface area contributed by atoms with Gasteiger partial charge in [0.05, 0.1) is 0 Å². The second-order valence-corrected chi connectivity index (χ2v) is 7.11. The van der Waals surface area contributed by atoms with Crippen molar-refractivity contribution in [1.29, 1.82) is 0 Å². The van der Waals surface area contributed by atoms with Crippen LogP contribution in [0, 0.1) is 0 Å². The fraction of sp³-hybridized carbons (Fsp3) is 0.381. The number of carbonyl (C=O) groups excluding carboxylic acids is 3. The molecule has 1 aromatic carbocycles. The molecule has 0 saturated carbocycles. The van der Waals surface area contributed by atoms with Gasteiger partial charge in [-0.2, -0.15) is 0 Å². The van der Waals surface area contributed by atoms with Crippen LogP contribution in [-0.4, -0.2) is 69.5 Å². The summed E-state index contributed by atoms with van der Waals surface area (Å²) in [4.78, 5) is 39.0. The molecule has 0 aromatic heterocycles. The summed E-state index contributed by atoms with van der Waals surface area (Å²) in [7, 11) is 1.11. The number of allylic oxidation sites excluding steroid dienone is 1. The highest BCUT2D eigenvalue weighted by Crippen LogP contribution is 2.44. The van der Waals surface area contributed by atoms with E-state index in [1.54, 1.807) is 25.1 Å². The standard InChI is InChI=1S/C21H23NO8/c1-4-8-13(23)14(24)15-11(2)16(25)20(30-15)18(27)21(29-3,22-19(20)28)17(26)12-9-6-5-7-10-12/h4-10,13-14,18,23-24,27H,1-3H3,(H,22,28)/b8-4+. The normalized spacial score (nSPS) is 30.7. The molecule has 3 rings (SSSR count).